The molecule has 3 nitrogen and oxygen atoms in total. The zero-order valence-electron chi connectivity index (χ0n) is 11.7. The lowest BCUT2D eigenvalue weighted by atomic mass is 9.85. The molecule has 3 heteroatoms. The van der Waals surface area contributed by atoms with E-state index in [0.717, 1.165) is 17.7 Å². The summed E-state index contributed by atoms with van der Waals surface area (Å²) in [6, 6.07) is 5.81. The third kappa shape index (κ3) is 1.35. The molecular weight excluding hydrogens is 250 g/mol. The van der Waals surface area contributed by atoms with E-state index in [1.54, 1.807) is 0 Å². The molecule has 2 bridgehead atoms. The highest BCUT2D eigenvalue weighted by molar-refractivity contribution is 6.22. The minimum Gasteiger partial charge on any atom is -0.274 e. The molecule has 0 aromatic heterocycles. The number of aryl methyl sites for hydroxylation is 2. The first-order valence-corrected chi connectivity index (χ1v) is 7.21. The summed E-state index contributed by atoms with van der Waals surface area (Å²) >= 11 is 0. The van der Waals surface area contributed by atoms with Crippen LogP contribution in [0.4, 0.5) is 5.69 Å². The summed E-state index contributed by atoms with van der Waals surface area (Å²) in [6.45, 7) is 4.04. The number of hydrogen-bond acceptors (Lipinski definition) is 2. The summed E-state index contributed by atoms with van der Waals surface area (Å²) in [4.78, 5) is 26.7. The van der Waals surface area contributed by atoms with Crippen LogP contribution in [0.3, 0.4) is 0 Å². The van der Waals surface area contributed by atoms with E-state index in [9.17, 15) is 9.59 Å². The van der Waals surface area contributed by atoms with Gasteiger partial charge in [0.05, 0.1) is 17.5 Å². The van der Waals surface area contributed by atoms with Gasteiger partial charge in [0, 0.05) is 0 Å². The Morgan fingerprint density at radius 2 is 1.55 bits per heavy atom. The molecule has 0 unspecified atom stereocenters. The van der Waals surface area contributed by atoms with Crippen molar-refractivity contribution in [2.75, 3.05) is 4.90 Å². The van der Waals surface area contributed by atoms with Crippen LogP contribution in [-0.2, 0) is 9.59 Å². The van der Waals surface area contributed by atoms with Gasteiger partial charge < -0.3 is 0 Å². The molecule has 20 heavy (non-hydrogen) atoms. The molecule has 4 rings (SSSR count). The first kappa shape index (κ1) is 11.9. The molecule has 2 fully saturated rings. The van der Waals surface area contributed by atoms with E-state index in [-0.39, 0.29) is 35.5 Å². The normalized spacial score (nSPS) is 34.2. The van der Waals surface area contributed by atoms with Gasteiger partial charge in [-0.2, -0.15) is 0 Å². The quantitative estimate of drug-likeness (QED) is 0.579. The molecule has 2 amide bonds. The van der Waals surface area contributed by atoms with Gasteiger partial charge in [0.25, 0.3) is 0 Å². The minimum absolute atomic E-state index is 0.0000954. The average Bonchev–Trinajstić information content (AvgIpc) is 3.08. The van der Waals surface area contributed by atoms with Crippen LogP contribution in [-0.4, -0.2) is 11.8 Å². The maximum absolute atomic E-state index is 12.7. The van der Waals surface area contributed by atoms with Crippen molar-refractivity contribution in [2.45, 2.75) is 20.3 Å². The predicted octanol–water partition coefficient (Wildman–Crippen LogP) is 2.61. The Bertz CT molecular complexity index is 631. The standard InChI is InChI=1S/C17H17NO2/c1-9-3-6-13(7-10(9)2)18-16(19)14-11-4-5-12(8-11)15(14)17(18)20/h3-7,11-12,14-15H,8H2,1-2H3/t11-,12+,14-,15+. The summed E-state index contributed by atoms with van der Waals surface area (Å²) in [5.74, 6) is 0.328. The van der Waals surface area contributed by atoms with E-state index in [1.165, 1.54) is 10.5 Å². The number of fused-ring (bicyclic) bond motifs is 5. The highest BCUT2D eigenvalue weighted by Crippen LogP contribution is 2.53. The SMILES string of the molecule is Cc1ccc(N2C(=O)[C@@H]3[C@H](C2=O)[C@@H]2C=C[C@H]3C2)cc1C. The molecule has 0 N–H and O–H groups in total. The molecule has 1 saturated carbocycles. The average molecular weight is 267 g/mol. The number of carbonyl (C=O) groups excluding carboxylic acids is 2. The summed E-state index contributed by atoms with van der Waals surface area (Å²) in [7, 11) is 0. The van der Waals surface area contributed by atoms with E-state index in [2.05, 4.69) is 12.2 Å². The Labute approximate surface area is 118 Å². The largest absolute Gasteiger partial charge is 0.274 e. The lowest BCUT2D eigenvalue weighted by Crippen LogP contribution is -2.32. The van der Waals surface area contributed by atoms with Gasteiger partial charge in [-0.1, -0.05) is 18.2 Å². The molecule has 1 aliphatic heterocycles. The Balaban J connectivity index is 1.76. The van der Waals surface area contributed by atoms with Gasteiger partial charge in [-0.05, 0) is 55.4 Å². The molecule has 1 saturated heterocycles. The number of amides is 2. The molecule has 4 atom stereocenters. The first-order valence-electron chi connectivity index (χ1n) is 7.21. The van der Waals surface area contributed by atoms with Crippen LogP contribution in [0, 0.1) is 37.5 Å². The monoisotopic (exact) mass is 267 g/mol. The zero-order chi connectivity index (χ0) is 14.0. The highest BCUT2D eigenvalue weighted by atomic mass is 16.2. The third-order valence-electron chi connectivity index (χ3n) is 5.22. The van der Waals surface area contributed by atoms with Crippen LogP contribution >= 0.6 is 0 Å². The molecule has 102 valence electrons. The van der Waals surface area contributed by atoms with Crippen molar-refractivity contribution in [3.05, 3.63) is 41.5 Å². The second-order valence-electron chi connectivity index (χ2n) is 6.28. The maximum atomic E-state index is 12.7. The number of nitrogens with zero attached hydrogens (tertiary/aromatic N) is 1. The van der Waals surface area contributed by atoms with Crippen molar-refractivity contribution >= 4 is 17.5 Å². The van der Waals surface area contributed by atoms with Gasteiger partial charge in [-0.25, -0.2) is 0 Å². The summed E-state index contributed by atoms with van der Waals surface area (Å²) in [5, 5.41) is 0. The van der Waals surface area contributed by atoms with Gasteiger partial charge in [0.15, 0.2) is 0 Å². The van der Waals surface area contributed by atoms with E-state index >= 15 is 0 Å². The number of anilines is 1. The van der Waals surface area contributed by atoms with Crippen LogP contribution in [0.15, 0.2) is 30.4 Å². The second kappa shape index (κ2) is 3.81. The Hall–Kier alpha value is -1.90. The topological polar surface area (TPSA) is 37.4 Å². The van der Waals surface area contributed by atoms with Crippen molar-refractivity contribution in [3.63, 3.8) is 0 Å². The molecule has 0 spiro atoms. The second-order valence-corrected chi connectivity index (χ2v) is 6.28. The number of allylic oxidation sites excluding steroid dienone is 2. The number of rotatable bonds is 1. The number of carbonyl (C=O) groups is 2. The summed E-state index contributed by atoms with van der Waals surface area (Å²) in [6.07, 6.45) is 5.23. The van der Waals surface area contributed by atoms with Gasteiger partial charge in [0.1, 0.15) is 0 Å². The van der Waals surface area contributed by atoms with Crippen LogP contribution in [0.5, 0.6) is 0 Å². The van der Waals surface area contributed by atoms with Crippen LogP contribution in [0.1, 0.15) is 17.5 Å². The lowest BCUT2D eigenvalue weighted by Gasteiger charge is -2.18. The molecule has 0 radical (unpaired) electrons. The molecule has 1 aromatic rings. The Morgan fingerprint density at radius 3 is 2.10 bits per heavy atom. The fraction of sp³-hybridized carbons (Fsp3) is 0.412. The van der Waals surface area contributed by atoms with Gasteiger partial charge in [-0.3, -0.25) is 14.5 Å². The minimum atomic E-state index is -0.112. The van der Waals surface area contributed by atoms with Crippen molar-refractivity contribution in [1.82, 2.24) is 0 Å². The molecule has 2 aliphatic carbocycles. The van der Waals surface area contributed by atoms with E-state index in [1.807, 2.05) is 32.0 Å². The van der Waals surface area contributed by atoms with Crippen LogP contribution < -0.4 is 4.90 Å². The van der Waals surface area contributed by atoms with Crippen molar-refractivity contribution in [3.8, 4) is 0 Å². The van der Waals surface area contributed by atoms with E-state index < -0.39 is 0 Å². The molecule has 1 heterocycles. The van der Waals surface area contributed by atoms with Crippen molar-refractivity contribution in [1.29, 1.82) is 0 Å². The Kier molecular flexibility index (Phi) is 2.27. The van der Waals surface area contributed by atoms with E-state index in [0.29, 0.717) is 0 Å². The van der Waals surface area contributed by atoms with Gasteiger partial charge >= 0.3 is 0 Å². The highest BCUT2D eigenvalue weighted by Gasteiger charge is 2.59. The Morgan fingerprint density at radius 1 is 0.950 bits per heavy atom. The number of imide groups is 1. The van der Waals surface area contributed by atoms with Crippen LogP contribution in [0.25, 0.3) is 0 Å². The lowest BCUT2D eigenvalue weighted by molar-refractivity contribution is -0.123. The van der Waals surface area contributed by atoms with Gasteiger partial charge in [0.2, 0.25) is 11.8 Å². The first-order chi connectivity index (χ1) is 9.58. The predicted molar refractivity (Wildman–Crippen MR) is 76.1 cm³/mol. The maximum Gasteiger partial charge on any atom is 0.238 e. The van der Waals surface area contributed by atoms with Crippen LogP contribution in [0.2, 0.25) is 0 Å². The van der Waals surface area contributed by atoms with Crippen molar-refractivity contribution < 1.29 is 9.59 Å². The summed E-state index contributed by atoms with van der Waals surface area (Å²) in [5.41, 5.74) is 3.02. The fourth-order valence-corrected chi connectivity index (χ4v) is 4.02. The fourth-order valence-electron chi connectivity index (χ4n) is 4.02. The number of benzene rings is 1. The molecule has 3 aliphatic rings. The summed E-state index contributed by atoms with van der Waals surface area (Å²) < 4.78 is 0. The molecular formula is C17H17NO2. The van der Waals surface area contributed by atoms with Crippen molar-refractivity contribution in [2.24, 2.45) is 23.7 Å². The third-order valence-corrected chi connectivity index (χ3v) is 5.22. The smallest absolute Gasteiger partial charge is 0.238 e. The van der Waals surface area contributed by atoms with E-state index in [4.69, 9.17) is 0 Å². The zero-order valence-corrected chi connectivity index (χ0v) is 11.7. The number of hydrogen-bond donors (Lipinski definition) is 0. The van der Waals surface area contributed by atoms with Gasteiger partial charge in [-0.15, -0.1) is 0 Å². The molecule has 1 aromatic carbocycles.